The number of nitrogens with one attached hydrogen (secondary N) is 1. The van der Waals surface area contributed by atoms with Crippen LogP contribution in [-0.2, 0) is 0 Å². The second-order valence-electron chi connectivity index (χ2n) is 4.75. The monoisotopic (exact) mass is 216 g/mol. The summed E-state index contributed by atoms with van der Waals surface area (Å²) in [4.78, 5) is 0.783. The van der Waals surface area contributed by atoms with Gasteiger partial charge < -0.3 is 0 Å². The molecule has 0 aliphatic carbocycles. The van der Waals surface area contributed by atoms with Crippen LogP contribution in [0.2, 0.25) is 0 Å². The van der Waals surface area contributed by atoms with Gasteiger partial charge in [-0.3, -0.25) is 5.32 Å². The Morgan fingerprint density at radius 3 is 2.53 bits per heavy atom. The molecule has 0 atom stereocenters. The molecule has 1 aromatic carbocycles. The van der Waals surface area contributed by atoms with Gasteiger partial charge >= 0.3 is 0 Å². The minimum absolute atomic E-state index is 0.0263. The molecule has 0 radical (unpaired) electrons. The van der Waals surface area contributed by atoms with Crippen LogP contribution in [0.5, 0.6) is 0 Å². The van der Waals surface area contributed by atoms with Gasteiger partial charge in [0.1, 0.15) is 11.3 Å². The molecule has 2 heteroatoms. The zero-order chi connectivity index (χ0) is 11.1. The van der Waals surface area contributed by atoms with E-state index in [4.69, 9.17) is 12.2 Å². The summed E-state index contributed by atoms with van der Waals surface area (Å²) in [6.45, 7) is 6.39. The van der Waals surface area contributed by atoms with Gasteiger partial charge in [-0.2, -0.15) is 0 Å². The molecular weight excluding hydrogens is 202 g/mol. The molecule has 0 fully saturated rings. The van der Waals surface area contributed by atoms with Crippen LogP contribution >= 0.6 is 12.2 Å². The third kappa shape index (κ3) is 2.06. The van der Waals surface area contributed by atoms with Gasteiger partial charge in [0, 0.05) is 24.4 Å². The number of para-hydroxylation sites is 1. The van der Waals surface area contributed by atoms with Crippen LogP contribution in [0.25, 0.3) is 5.57 Å². The molecule has 1 N–H and O–H groups in total. The molecule has 1 nitrogen and oxygen atoms in total. The smallest absolute Gasteiger partial charge is 0.229 e. The highest BCUT2D eigenvalue weighted by atomic mass is 32.1. The van der Waals surface area contributed by atoms with E-state index in [1.807, 2.05) is 18.2 Å². The number of hydrogen-bond acceptors (Lipinski definition) is 1. The van der Waals surface area contributed by atoms with Gasteiger partial charge in [-0.15, -0.1) is 0 Å². The Kier molecular flexibility index (Phi) is 2.34. The topological polar surface area (TPSA) is 12.0 Å². The number of thiocarbonyl (C=S) groups is 1. The molecule has 15 heavy (non-hydrogen) atoms. The molecule has 0 aromatic heterocycles. The Bertz CT molecular complexity index is 438. The van der Waals surface area contributed by atoms with Crippen LogP contribution in [0.3, 0.4) is 0 Å². The Labute approximate surface area is 96.2 Å². The highest BCUT2D eigenvalue weighted by molar-refractivity contribution is 7.81. The van der Waals surface area contributed by atoms with Crippen molar-refractivity contribution in [2.75, 3.05) is 5.32 Å². The van der Waals surface area contributed by atoms with Gasteiger partial charge in [0.25, 0.3) is 0 Å². The van der Waals surface area contributed by atoms with Crippen LogP contribution in [0.1, 0.15) is 26.3 Å². The van der Waals surface area contributed by atoms with E-state index in [1.165, 1.54) is 0 Å². The number of benzene rings is 1. The molecule has 0 spiro atoms. The lowest BCUT2D eigenvalue weighted by Gasteiger charge is -2.05. The van der Waals surface area contributed by atoms with Crippen molar-refractivity contribution in [1.29, 1.82) is 0 Å². The first kappa shape index (κ1) is 10.3. The Morgan fingerprint density at radius 1 is 1.20 bits per heavy atom. The fourth-order valence-electron chi connectivity index (χ4n) is 1.62. The quantitative estimate of drug-likeness (QED) is 0.403. The summed E-state index contributed by atoms with van der Waals surface area (Å²) in [5.41, 5.74) is 3.32. The van der Waals surface area contributed by atoms with Gasteiger partial charge in [-0.05, 0) is 32.9 Å². The molecule has 1 aromatic rings. The molecule has 76 valence electrons. The van der Waals surface area contributed by atoms with E-state index < -0.39 is 0 Å². The standard InChI is InChI=1S/C13H13NS/c1-13(2,3)8-10-9-6-4-5-7-11(9)14-12(10)15/h4-7H,1-3H3/p+1. The fraction of sp³-hybridized carbons (Fsp3) is 0.308. The third-order valence-electron chi connectivity index (χ3n) is 2.17. The van der Waals surface area contributed by atoms with Crippen molar-refractivity contribution in [3.05, 3.63) is 35.9 Å². The van der Waals surface area contributed by atoms with Crippen LogP contribution in [0, 0.1) is 11.5 Å². The minimum atomic E-state index is 0.0263. The van der Waals surface area contributed by atoms with E-state index in [-0.39, 0.29) is 5.41 Å². The summed E-state index contributed by atoms with van der Waals surface area (Å²) in [5.74, 6) is 0. The van der Waals surface area contributed by atoms with Crippen molar-refractivity contribution < 1.29 is 0 Å². The average molecular weight is 216 g/mol. The number of allylic oxidation sites excluding steroid dienone is 1. The average Bonchev–Trinajstić information content (AvgIpc) is 2.41. The Balaban J connectivity index is 2.52. The van der Waals surface area contributed by atoms with Crippen LogP contribution < -0.4 is 5.32 Å². The van der Waals surface area contributed by atoms with E-state index in [2.05, 4.69) is 38.2 Å². The number of fused-ring (bicyclic) bond motifs is 1. The maximum absolute atomic E-state index is 5.30. The molecular formula is C13H14NS+. The molecule has 0 bridgehead atoms. The van der Waals surface area contributed by atoms with E-state index in [0.29, 0.717) is 0 Å². The minimum Gasteiger partial charge on any atom is -0.279 e. The van der Waals surface area contributed by atoms with Crippen molar-refractivity contribution in [1.82, 2.24) is 0 Å². The summed E-state index contributed by atoms with van der Waals surface area (Å²) in [6.07, 6.45) is 3.44. The van der Waals surface area contributed by atoms with Gasteiger partial charge in [-0.25, -0.2) is 0 Å². The molecule has 0 unspecified atom stereocenters. The maximum atomic E-state index is 5.30. The zero-order valence-electron chi connectivity index (χ0n) is 9.22. The first-order chi connectivity index (χ1) is 6.97. The lowest BCUT2D eigenvalue weighted by atomic mass is 9.91. The van der Waals surface area contributed by atoms with E-state index in [0.717, 1.165) is 21.8 Å². The molecule has 1 aliphatic heterocycles. The van der Waals surface area contributed by atoms with Gasteiger partial charge in [0.15, 0.2) is 0 Å². The second-order valence-corrected chi connectivity index (χ2v) is 5.16. The molecule has 1 aliphatic rings. The molecule has 0 amide bonds. The van der Waals surface area contributed by atoms with Crippen LogP contribution in [0.15, 0.2) is 24.3 Å². The second kappa shape index (κ2) is 3.41. The van der Waals surface area contributed by atoms with E-state index in [1.54, 1.807) is 0 Å². The molecule has 0 saturated heterocycles. The predicted molar refractivity (Wildman–Crippen MR) is 68.8 cm³/mol. The highest BCUT2D eigenvalue weighted by Crippen LogP contribution is 2.34. The van der Waals surface area contributed by atoms with Crippen molar-refractivity contribution in [3.63, 3.8) is 0 Å². The largest absolute Gasteiger partial charge is 0.279 e. The predicted octanol–water partition coefficient (Wildman–Crippen LogP) is 3.67. The Morgan fingerprint density at radius 2 is 1.87 bits per heavy atom. The van der Waals surface area contributed by atoms with Crippen molar-refractivity contribution in [2.45, 2.75) is 20.8 Å². The number of hydrogen-bond donors (Lipinski definition) is 1. The van der Waals surface area contributed by atoms with Gasteiger partial charge in [0.05, 0.1) is 5.41 Å². The lowest BCUT2D eigenvalue weighted by Crippen LogP contribution is -2.07. The first-order valence-electron chi connectivity index (χ1n) is 5.03. The van der Waals surface area contributed by atoms with E-state index in [9.17, 15) is 0 Å². The van der Waals surface area contributed by atoms with Crippen molar-refractivity contribution >= 4 is 28.5 Å². The van der Waals surface area contributed by atoms with Crippen molar-refractivity contribution in [2.24, 2.45) is 5.41 Å². The number of anilines is 1. The first-order valence-corrected chi connectivity index (χ1v) is 5.44. The fourth-order valence-corrected chi connectivity index (χ4v) is 1.89. The maximum Gasteiger partial charge on any atom is 0.229 e. The third-order valence-corrected chi connectivity index (χ3v) is 2.48. The summed E-state index contributed by atoms with van der Waals surface area (Å²) >= 11 is 5.30. The summed E-state index contributed by atoms with van der Waals surface area (Å²) in [6, 6.07) is 8.15. The SMILES string of the molecule is CC(C)(C)[C+]=C1C(=S)Nc2ccccc21. The molecule has 2 rings (SSSR count). The Hall–Kier alpha value is -1.24. The summed E-state index contributed by atoms with van der Waals surface area (Å²) in [5, 5.41) is 3.20. The number of rotatable bonds is 0. The summed E-state index contributed by atoms with van der Waals surface area (Å²) < 4.78 is 0. The van der Waals surface area contributed by atoms with Crippen LogP contribution in [0.4, 0.5) is 5.69 Å². The molecule has 0 saturated carbocycles. The lowest BCUT2D eigenvalue weighted by molar-refractivity contribution is 0.527. The van der Waals surface area contributed by atoms with Gasteiger partial charge in [-0.1, -0.05) is 6.07 Å². The van der Waals surface area contributed by atoms with Crippen LogP contribution in [-0.4, -0.2) is 4.99 Å². The molecule has 1 heterocycles. The highest BCUT2D eigenvalue weighted by Gasteiger charge is 2.33. The van der Waals surface area contributed by atoms with Crippen molar-refractivity contribution in [3.8, 4) is 0 Å². The zero-order valence-corrected chi connectivity index (χ0v) is 10.0. The summed E-state index contributed by atoms with van der Waals surface area (Å²) in [7, 11) is 0. The van der Waals surface area contributed by atoms with E-state index >= 15 is 0 Å². The normalized spacial score (nSPS) is 17.3. The van der Waals surface area contributed by atoms with Gasteiger partial charge in [0.2, 0.25) is 10.6 Å².